The molecule has 2 rings (SSSR count). The molecule has 2 N–H and O–H groups in total. The van der Waals surface area contributed by atoms with Crippen LogP contribution in [0.15, 0.2) is 48.5 Å². The molecule has 0 saturated heterocycles. The van der Waals surface area contributed by atoms with E-state index in [9.17, 15) is 19.7 Å². The van der Waals surface area contributed by atoms with Crippen LogP contribution in [0.2, 0.25) is 0 Å². The summed E-state index contributed by atoms with van der Waals surface area (Å²) in [6.07, 6.45) is 1.42. The van der Waals surface area contributed by atoms with Crippen molar-refractivity contribution in [3.05, 3.63) is 69.8 Å². The van der Waals surface area contributed by atoms with Gasteiger partial charge in [-0.25, -0.2) is 4.79 Å². The molecule has 2 aromatic rings. The highest BCUT2D eigenvalue weighted by atomic mass is 32.1. The van der Waals surface area contributed by atoms with Crippen molar-refractivity contribution in [3.63, 3.8) is 0 Å². The zero-order valence-corrected chi connectivity index (χ0v) is 16.4. The van der Waals surface area contributed by atoms with Gasteiger partial charge in [0, 0.05) is 12.0 Å². The van der Waals surface area contributed by atoms with Gasteiger partial charge in [0.2, 0.25) is 0 Å². The summed E-state index contributed by atoms with van der Waals surface area (Å²) in [5, 5.41) is 8.59. The molecule has 0 aliphatic carbocycles. The highest BCUT2D eigenvalue weighted by Crippen LogP contribution is 2.20. The van der Waals surface area contributed by atoms with Crippen molar-refractivity contribution < 1.29 is 29.0 Å². The lowest BCUT2D eigenvalue weighted by Gasteiger charge is -2.08. The van der Waals surface area contributed by atoms with Crippen molar-refractivity contribution in [3.8, 4) is 11.5 Å². The lowest BCUT2D eigenvalue weighted by molar-refractivity contribution is -0.757. The van der Waals surface area contributed by atoms with Crippen LogP contribution >= 0.6 is 12.2 Å². The van der Waals surface area contributed by atoms with Crippen molar-refractivity contribution in [2.75, 3.05) is 13.7 Å². The third-order valence-corrected chi connectivity index (χ3v) is 3.57. The van der Waals surface area contributed by atoms with Crippen LogP contribution in [-0.2, 0) is 9.63 Å². The van der Waals surface area contributed by atoms with E-state index in [-0.39, 0.29) is 6.61 Å². The van der Waals surface area contributed by atoms with Gasteiger partial charge in [-0.1, -0.05) is 24.4 Å². The summed E-state index contributed by atoms with van der Waals surface area (Å²) in [6, 6.07) is 13.6. The van der Waals surface area contributed by atoms with E-state index in [2.05, 4.69) is 4.84 Å². The zero-order valence-electron chi connectivity index (χ0n) is 15.6. The molecule has 0 unspecified atom stereocenters. The summed E-state index contributed by atoms with van der Waals surface area (Å²) < 4.78 is 10.4. The maximum absolute atomic E-state index is 12.1. The van der Waals surface area contributed by atoms with E-state index in [0.29, 0.717) is 41.2 Å². The molecule has 0 bridgehead atoms. The van der Waals surface area contributed by atoms with Crippen LogP contribution in [0.4, 0.5) is 0 Å². The number of esters is 1. The second kappa shape index (κ2) is 12.8. The number of aldehydes is 1. The highest BCUT2D eigenvalue weighted by Gasteiger charge is 2.13. The third-order valence-electron chi connectivity index (χ3n) is 3.34. The molecule has 0 fully saturated rings. The smallest absolute Gasteiger partial charge is 0.347 e. The number of carbonyl (C=O) groups is 2. The number of thiocarbonyl (C=S) groups is 1. The summed E-state index contributed by atoms with van der Waals surface area (Å²) in [7, 11) is 1.50. The molecule has 0 saturated carbocycles. The summed E-state index contributed by atoms with van der Waals surface area (Å²) in [5.74, 6) is 0.406. The Hall–Kier alpha value is -3.53. The van der Waals surface area contributed by atoms with Crippen LogP contribution in [0.1, 0.15) is 28.8 Å². The first-order valence-electron chi connectivity index (χ1n) is 8.35. The Bertz CT molecular complexity index is 841. The van der Waals surface area contributed by atoms with Crippen molar-refractivity contribution >= 4 is 29.5 Å². The third kappa shape index (κ3) is 8.80. The first-order chi connectivity index (χ1) is 13.9. The minimum Gasteiger partial charge on any atom is -0.496 e. The lowest BCUT2D eigenvalue weighted by Crippen LogP contribution is -2.11. The molecular weight excluding hydrogens is 400 g/mol. The molecule has 0 atom stereocenters. The molecule has 29 heavy (non-hydrogen) atoms. The second-order valence-electron chi connectivity index (χ2n) is 5.34. The fourth-order valence-corrected chi connectivity index (χ4v) is 2.10. The van der Waals surface area contributed by atoms with E-state index >= 15 is 0 Å². The van der Waals surface area contributed by atoms with E-state index in [1.54, 1.807) is 48.5 Å². The topological polar surface area (TPSA) is 131 Å². The standard InChI is InChI=1S/C15H13NO3S.C4H7NO4/c1-18-13-5-3-2-4-12(13)15(17)19-11-8-6-10(7-9-11)14(16)20;6-3-1-2-4-9-5(7)8/h2-9H,1H3,(H2,16,20);3H,1-2,4H2. The number of unbranched alkanes of at least 4 members (excludes halogenated alkanes) is 1. The lowest BCUT2D eigenvalue weighted by atomic mass is 10.2. The Balaban J connectivity index is 0.000000396. The number of benzene rings is 2. The minimum atomic E-state index is -0.870. The van der Waals surface area contributed by atoms with Gasteiger partial charge in [0.15, 0.2) is 0 Å². The van der Waals surface area contributed by atoms with Crippen molar-refractivity contribution in [1.29, 1.82) is 0 Å². The number of para-hydroxylation sites is 1. The number of methoxy groups -OCH3 is 1. The van der Waals surface area contributed by atoms with Crippen molar-refractivity contribution in [2.24, 2.45) is 5.73 Å². The number of hydrogen-bond donors (Lipinski definition) is 1. The van der Waals surface area contributed by atoms with E-state index in [0.717, 1.165) is 5.56 Å². The molecule has 0 aliphatic rings. The fraction of sp³-hybridized carbons (Fsp3) is 0.211. The number of nitrogens with two attached hydrogens (primary N) is 1. The SMILES string of the molecule is COc1ccccc1C(=O)Oc1ccc(C(N)=S)cc1.O=CCCCO[N+](=O)[O-]. The van der Waals surface area contributed by atoms with Gasteiger partial charge in [0.1, 0.15) is 28.3 Å². The molecule has 0 aromatic heterocycles. The highest BCUT2D eigenvalue weighted by molar-refractivity contribution is 7.80. The van der Waals surface area contributed by atoms with E-state index in [1.165, 1.54) is 7.11 Å². The van der Waals surface area contributed by atoms with Gasteiger partial charge in [-0.05, 0) is 42.8 Å². The molecule has 0 aliphatic heterocycles. The molecule has 9 nitrogen and oxygen atoms in total. The Labute approximate surface area is 172 Å². The predicted molar refractivity (Wildman–Crippen MR) is 109 cm³/mol. The first kappa shape index (κ1) is 23.5. The number of rotatable bonds is 9. The summed E-state index contributed by atoms with van der Waals surface area (Å²) >= 11 is 4.86. The molecule has 154 valence electrons. The number of carbonyl (C=O) groups excluding carboxylic acids is 2. The average molecular weight is 420 g/mol. The van der Waals surface area contributed by atoms with Crippen LogP contribution in [0, 0.1) is 10.1 Å². The largest absolute Gasteiger partial charge is 0.496 e. The predicted octanol–water partition coefficient (Wildman–Crippen LogP) is 2.72. The van der Waals surface area contributed by atoms with Gasteiger partial charge in [0.25, 0.3) is 5.09 Å². The number of ether oxygens (including phenoxy) is 2. The van der Waals surface area contributed by atoms with Gasteiger partial charge in [0.05, 0.1) is 13.7 Å². The van der Waals surface area contributed by atoms with E-state index in [4.69, 9.17) is 27.4 Å². The van der Waals surface area contributed by atoms with Crippen LogP contribution in [0.5, 0.6) is 11.5 Å². The Morgan fingerprint density at radius 2 is 1.86 bits per heavy atom. The molecule has 0 heterocycles. The fourth-order valence-electron chi connectivity index (χ4n) is 1.97. The molecule has 2 aromatic carbocycles. The molecular formula is C19H20N2O7S. The number of hydrogen-bond acceptors (Lipinski definition) is 8. The molecule has 0 spiro atoms. The Morgan fingerprint density at radius 1 is 1.21 bits per heavy atom. The summed E-state index contributed by atoms with van der Waals surface area (Å²) in [5.41, 5.74) is 6.59. The van der Waals surface area contributed by atoms with Gasteiger partial charge in [-0.15, -0.1) is 10.1 Å². The summed E-state index contributed by atoms with van der Waals surface area (Å²) in [6.45, 7) is 0.00569. The second-order valence-corrected chi connectivity index (χ2v) is 5.78. The van der Waals surface area contributed by atoms with Crippen molar-refractivity contribution in [1.82, 2.24) is 0 Å². The maximum Gasteiger partial charge on any atom is 0.347 e. The molecule has 10 heteroatoms. The van der Waals surface area contributed by atoms with Crippen LogP contribution in [0.3, 0.4) is 0 Å². The summed E-state index contributed by atoms with van der Waals surface area (Å²) in [4.78, 5) is 35.3. The van der Waals surface area contributed by atoms with Crippen LogP contribution < -0.4 is 15.2 Å². The minimum absolute atomic E-state index is 0.00569. The van der Waals surface area contributed by atoms with Gasteiger partial charge in [-0.3, -0.25) is 0 Å². The van der Waals surface area contributed by atoms with Gasteiger partial charge in [-0.2, -0.15) is 0 Å². The Morgan fingerprint density at radius 3 is 2.41 bits per heavy atom. The first-order valence-corrected chi connectivity index (χ1v) is 8.75. The van der Waals surface area contributed by atoms with Crippen molar-refractivity contribution in [2.45, 2.75) is 12.8 Å². The van der Waals surface area contributed by atoms with Gasteiger partial charge < -0.3 is 24.8 Å². The van der Waals surface area contributed by atoms with Crippen LogP contribution in [-0.4, -0.2) is 36.0 Å². The van der Waals surface area contributed by atoms with E-state index in [1.807, 2.05) is 0 Å². The quantitative estimate of drug-likeness (QED) is 0.124. The molecule has 0 radical (unpaired) electrons. The zero-order chi connectivity index (χ0) is 21.6. The normalized spacial score (nSPS) is 9.41. The number of nitrogens with zero attached hydrogens (tertiary/aromatic N) is 1. The van der Waals surface area contributed by atoms with E-state index < -0.39 is 11.1 Å². The average Bonchev–Trinajstić information content (AvgIpc) is 2.72. The maximum atomic E-state index is 12.1. The van der Waals surface area contributed by atoms with Crippen LogP contribution in [0.25, 0.3) is 0 Å². The Kier molecular flexibility index (Phi) is 10.4. The van der Waals surface area contributed by atoms with Gasteiger partial charge >= 0.3 is 5.97 Å². The monoisotopic (exact) mass is 420 g/mol. The molecule has 0 amide bonds.